The van der Waals surface area contributed by atoms with Crippen molar-refractivity contribution in [2.24, 2.45) is 0 Å². The van der Waals surface area contributed by atoms with Crippen LogP contribution < -0.4 is 4.74 Å². The first-order chi connectivity index (χ1) is 10.7. The van der Waals surface area contributed by atoms with Gasteiger partial charge in [0.25, 0.3) is 5.60 Å². The van der Waals surface area contributed by atoms with Crippen molar-refractivity contribution in [3.63, 3.8) is 0 Å². The van der Waals surface area contributed by atoms with Gasteiger partial charge in [0.1, 0.15) is 5.75 Å². The second-order valence-electron chi connectivity index (χ2n) is 4.45. The number of ether oxygens (including phenoxy) is 3. The maximum absolute atomic E-state index is 12.4. The highest BCUT2D eigenvalue weighted by Gasteiger charge is 2.46. The maximum Gasteiger partial charge on any atom is 0.419 e. The van der Waals surface area contributed by atoms with E-state index in [1.165, 1.54) is 20.7 Å². The third-order valence-electron chi connectivity index (χ3n) is 3.34. The van der Waals surface area contributed by atoms with E-state index >= 15 is 0 Å². The number of hydrogen-bond acceptors (Lipinski definition) is 5. The lowest BCUT2D eigenvalue weighted by Gasteiger charge is -2.29. The fourth-order valence-electron chi connectivity index (χ4n) is 2.27. The van der Waals surface area contributed by atoms with Crippen LogP contribution in [-0.2, 0) is 24.7 Å². The molecule has 1 radical (unpaired) electrons. The number of esters is 1. The Balaban J connectivity index is 2.66. The van der Waals surface area contributed by atoms with E-state index < -0.39 is 11.6 Å². The molecule has 0 saturated heterocycles. The van der Waals surface area contributed by atoms with Gasteiger partial charge < -0.3 is 14.2 Å². The normalized spacial score (nSPS) is 12.8. The molecule has 0 aliphatic heterocycles. The van der Waals surface area contributed by atoms with Crippen molar-refractivity contribution in [1.82, 2.24) is 0 Å². The average molecular weight is 299 g/mol. The summed E-state index contributed by atoms with van der Waals surface area (Å²) in [5.41, 5.74) is -0.797. The number of methoxy groups -OCH3 is 2. The molecule has 22 heavy (non-hydrogen) atoms. The first kappa shape index (κ1) is 15.6. The summed E-state index contributed by atoms with van der Waals surface area (Å²) in [6.07, 6.45) is 0. The minimum Gasteiger partial charge on any atom is -0.497 e. The zero-order valence-corrected chi connectivity index (χ0v) is 12.2. The smallest absolute Gasteiger partial charge is 0.419 e. The molecular formula is C17H15O5. The third-order valence-corrected chi connectivity index (χ3v) is 3.34. The van der Waals surface area contributed by atoms with Crippen LogP contribution in [0.4, 0.5) is 0 Å². The number of rotatable bonds is 6. The standard InChI is InChI=1S/C17H15O5/c1-20-15-10-8-14(9-11-15)17(22-12-18,16(19)21-2)13-6-4-3-5-7-13/h3-11H,1-2H3. The van der Waals surface area contributed by atoms with E-state index in [4.69, 9.17) is 14.2 Å². The molecule has 0 heterocycles. The summed E-state index contributed by atoms with van der Waals surface area (Å²) < 4.78 is 15.1. The Hall–Kier alpha value is -2.82. The highest BCUT2D eigenvalue weighted by atomic mass is 16.6. The molecule has 0 saturated carbocycles. The van der Waals surface area contributed by atoms with Crippen molar-refractivity contribution in [3.8, 4) is 5.75 Å². The quantitative estimate of drug-likeness (QED) is 0.765. The first-order valence-electron chi connectivity index (χ1n) is 6.52. The average Bonchev–Trinajstić information content (AvgIpc) is 2.60. The van der Waals surface area contributed by atoms with Crippen molar-refractivity contribution < 1.29 is 23.8 Å². The van der Waals surface area contributed by atoms with Gasteiger partial charge in [-0.05, 0) is 12.1 Å². The van der Waals surface area contributed by atoms with Gasteiger partial charge in [0, 0.05) is 11.1 Å². The Bertz CT molecular complexity index is 636. The fraction of sp³-hybridized carbons (Fsp3) is 0.176. The van der Waals surface area contributed by atoms with Crippen LogP contribution in [-0.4, -0.2) is 26.7 Å². The summed E-state index contributed by atoms with van der Waals surface area (Å²) in [6.45, 7) is 1.37. The molecule has 2 rings (SSSR count). The minimum absolute atomic E-state index is 0.440. The van der Waals surface area contributed by atoms with Crippen LogP contribution >= 0.6 is 0 Å². The fourth-order valence-corrected chi connectivity index (χ4v) is 2.27. The molecule has 113 valence electrons. The summed E-state index contributed by atoms with van der Waals surface area (Å²) in [4.78, 5) is 23.4. The lowest BCUT2D eigenvalue weighted by atomic mass is 9.86. The number of carbonyl (C=O) groups is 1. The Labute approximate surface area is 128 Å². The molecule has 0 aromatic heterocycles. The zero-order valence-electron chi connectivity index (χ0n) is 12.2. The van der Waals surface area contributed by atoms with E-state index in [-0.39, 0.29) is 0 Å². The van der Waals surface area contributed by atoms with Gasteiger partial charge in [0.15, 0.2) is 0 Å². The highest BCUT2D eigenvalue weighted by molar-refractivity contribution is 5.87. The molecule has 0 aliphatic carbocycles. The SMILES string of the molecule is COC(=O)C(O[C]=O)(c1ccccc1)c1ccc(OC)cc1. The molecule has 5 heteroatoms. The maximum atomic E-state index is 12.4. The molecule has 1 atom stereocenters. The summed E-state index contributed by atoms with van der Waals surface area (Å²) in [7, 11) is 2.77. The lowest BCUT2D eigenvalue weighted by Crippen LogP contribution is -2.40. The second-order valence-corrected chi connectivity index (χ2v) is 4.45. The van der Waals surface area contributed by atoms with Crippen molar-refractivity contribution in [3.05, 3.63) is 65.7 Å². The first-order valence-corrected chi connectivity index (χ1v) is 6.52. The summed E-state index contributed by atoms with van der Waals surface area (Å²) in [5, 5.41) is 0. The van der Waals surface area contributed by atoms with Crippen LogP contribution in [0, 0.1) is 0 Å². The van der Waals surface area contributed by atoms with Crippen LogP contribution in [0.3, 0.4) is 0 Å². The van der Waals surface area contributed by atoms with Gasteiger partial charge >= 0.3 is 12.4 Å². The van der Waals surface area contributed by atoms with E-state index in [1.54, 1.807) is 54.6 Å². The van der Waals surface area contributed by atoms with E-state index in [1.807, 2.05) is 0 Å². The van der Waals surface area contributed by atoms with Crippen LogP contribution in [0.25, 0.3) is 0 Å². The molecule has 2 aromatic rings. The van der Waals surface area contributed by atoms with E-state index in [9.17, 15) is 9.59 Å². The van der Waals surface area contributed by atoms with Gasteiger partial charge in [-0.1, -0.05) is 42.5 Å². The molecule has 1 unspecified atom stereocenters. The van der Waals surface area contributed by atoms with Gasteiger partial charge in [0.05, 0.1) is 14.2 Å². The molecule has 0 fully saturated rings. The zero-order chi connectivity index (χ0) is 16.0. The van der Waals surface area contributed by atoms with E-state index in [0.717, 1.165) is 0 Å². The Morgan fingerprint density at radius 1 is 0.955 bits per heavy atom. The van der Waals surface area contributed by atoms with Crippen molar-refractivity contribution >= 4 is 12.4 Å². The monoisotopic (exact) mass is 299 g/mol. The van der Waals surface area contributed by atoms with Crippen LogP contribution in [0.1, 0.15) is 11.1 Å². The van der Waals surface area contributed by atoms with Crippen LogP contribution in [0.15, 0.2) is 54.6 Å². The molecule has 0 spiro atoms. The lowest BCUT2D eigenvalue weighted by molar-refractivity contribution is -0.157. The summed E-state index contributed by atoms with van der Waals surface area (Å²) in [6, 6.07) is 15.3. The van der Waals surface area contributed by atoms with E-state index in [0.29, 0.717) is 16.9 Å². The number of hydrogen-bond donors (Lipinski definition) is 0. The number of carbonyl (C=O) groups excluding carboxylic acids is 2. The van der Waals surface area contributed by atoms with Crippen LogP contribution in [0.5, 0.6) is 5.75 Å². The Morgan fingerprint density at radius 3 is 2.05 bits per heavy atom. The van der Waals surface area contributed by atoms with Crippen molar-refractivity contribution in [1.29, 1.82) is 0 Å². The third kappa shape index (κ3) is 2.65. The van der Waals surface area contributed by atoms with Gasteiger partial charge in [-0.3, -0.25) is 0 Å². The van der Waals surface area contributed by atoms with Crippen molar-refractivity contribution in [2.75, 3.05) is 14.2 Å². The molecule has 5 nitrogen and oxygen atoms in total. The molecule has 0 aliphatic rings. The molecule has 0 N–H and O–H groups in total. The Kier molecular flexibility index (Phi) is 4.78. The highest BCUT2D eigenvalue weighted by Crippen LogP contribution is 2.35. The van der Waals surface area contributed by atoms with Gasteiger partial charge in [-0.2, -0.15) is 0 Å². The number of benzene rings is 2. The topological polar surface area (TPSA) is 61.8 Å². The van der Waals surface area contributed by atoms with Crippen LogP contribution in [0.2, 0.25) is 0 Å². The summed E-state index contributed by atoms with van der Waals surface area (Å²) in [5.74, 6) is -0.0992. The minimum atomic E-state index is -1.70. The predicted molar refractivity (Wildman–Crippen MR) is 79.0 cm³/mol. The largest absolute Gasteiger partial charge is 0.497 e. The predicted octanol–water partition coefficient (Wildman–Crippen LogP) is 2.20. The molecule has 0 bridgehead atoms. The van der Waals surface area contributed by atoms with Crippen molar-refractivity contribution in [2.45, 2.75) is 5.60 Å². The van der Waals surface area contributed by atoms with Gasteiger partial charge in [0.2, 0.25) is 0 Å². The molecular weight excluding hydrogens is 284 g/mol. The van der Waals surface area contributed by atoms with E-state index in [2.05, 4.69) is 0 Å². The molecule has 2 aromatic carbocycles. The second kappa shape index (κ2) is 6.76. The van der Waals surface area contributed by atoms with Gasteiger partial charge in [-0.25, -0.2) is 9.59 Å². The summed E-state index contributed by atoms with van der Waals surface area (Å²) >= 11 is 0. The Morgan fingerprint density at radius 2 is 1.55 bits per heavy atom. The van der Waals surface area contributed by atoms with Gasteiger partial charge in [-0.15, -0.1) is 0 Å². The molecule has 0 amide bonds.